The van der Waals surface area contributed by atoms with E-state index >= 15 is 0 Å². The van der Waals surface area contributed by atoms with E-state index in [1.807, 2.05) is 0 Å². The summed E-state index contributed by atoms with van der Waals surface area (Å²) in [5, 5.41) is 3.84. The van der Waals surface area contributed by atoms with E-state index in [2.05, 4.69) is 5.16 Å². The molecule has 0 amide bonds. The highest BCUT2D eigenvalue weighted by molar-refractivity contribution is 6.14. The summed E-state index contributed by atoms with van der Waals surface area (Å²) in [4.78, 5) is 25.8. The predicted molar refractivity (Wildman–Crippen MR) is 102 cm³/mol. The van der Waals surface area contributed by atoms with Crippen molar-refractivity contribution >= 4 is 11.8 Å². The Kier molecular flexibility index (Phi) is 5.03. The molecule has 1 aromatic heterocycles. The molecule has 3 aromatic rings. The Balaban J connectivity index is 1.57. The molecule has 29 heavy (non-hydrogen) atoms. The lowest BCUT2D eigenvalue weighted by Crippen LogP contribution is -2.16. The second kappa shape index (κ2) is 7.79. The van der Waals surface area contributed by atoms with E-state index in [0.29, 0.717) is 47.3 Å². The van der Waals surface area contributed by atoms with Crippen LogP contribution >= 0.6 is 0 Å². The topological polar surface area (TPSA) is 87.9 Å². The Morgan fingerprint density at radius 2 is 1.72 bits per heavy atom. The number of carbonyl (C=O) groups is 2. The molecule has 7 heteroatoms. The molecule has 0 fully saturated rings. The Bertz CT molecular complexity index is 1070. The minimum absolute atomic E-state index is 0.0204. The number of hydrogen-bond acceptors (Lipinski definition) is 7. The number of benzene rings is 2. The molecule has 0 atom stereocenters. The third kappa shape index (κ3) is 3.71. The van der Waals surface area contributed by atoms with Crippen LogP contribution in [0.5, 0.6) is 11.5 Å². The summed E-state index contributed by atoms with van der Waals surface area (Å²) in [6.45, 7) is 4.45. The first-order chi connectivity index (χ1) is 14.0. The molecule has 0 aliphatic carbocycles. The second-order valence-electron chi connectivity index (χ2n) is 6.61. The molecule has 2 aromatic carbocycles. The van der Waals surface area contributed by atoms with Crippen LogP contribution in [-0.4, -0.2) is 30.1 Å². The van der Waals surface area contributed by atoms with E-state index in [9.17, 15) is 9.59 Å². The van der Waals surface area contributed by atoms with Gasteiger partial charge in [0, 0.05) is 11.1 Å². The van der Waals surface area contributed by atoms with Crippen LogP contribution < -0.4 is 9.47 Å². The van der Waals surface area contributed by atoms with Gasteiger partial charge in [-0.05, 0) is 38.1 Å². The van der Waals surface area contributed by atoms with E-state index in [-0.39, 0.29) is 23.5 Å². The lowest BCUT2D eigenvalue weighted by molar-refractivity contribution is 0.0468. The van der Waals surface area contributed by atoms with Crippen LogP contribution in [0.2, 0.25) is 0 Å². The fourth-order valence-corrected chi connectivity index (χ4v) is 3.12. The van der Waals surface area contributed by atoms with Crippen molar-refractivity contribution in [2.75, 3.05) is 13.2 Å². The monoisotopic (exact) mass is 393 g/mol. The second-order valence-corrected chi connectivity index (χ2v) is 6.61. The van der Waals surface area contributed by atoms with Crippen LogP contribution in [0.25, 0.3) is 0 Å². The average Bonchev–Trinajstić information content (AvgIpc) is 3.08. The molecule has 0 saturated heterocycles. The maximum atomic E-state index is 13.1. The molecule has 148 valence electrons. The summed E-state index contributed by atoms with van der Waals surface area (Å²) in [6.07, 6.45) is 0. The van der Waals surface area contributed by atoms with Crippen molar-refractivity contribution in [2.45, 2.75) is 20.5 Å². The minimum Gasteiger partial charge on any atom is -0.486 e. The van der Waals surface area contributed by atoms with Crippen LogP contribution in [0.4, 0.5) is 0 Å². The first-order valence-corrected chi connectivity index (χ1v) is 9.17. The summed E-state index contributed by atoms with van der Waals surface area (Å²) >= 11 is 0. The molecule has 0 radical (unpaired) electrons. The lowest BCUT2D eigenvalue weighted by Gasteiger charge is -2.18. The van der Waals surface area contributed by atoms with Crippen molar-refractivity contribution < 1.29 is 28.3 Å². The van der Waals surface area contributed by atoms with Crippen LogP contribution in [0.1, 0.15) is 43.3 Å². The van der Waals surface area contributed by atoms with Crippen molar-refractivity contribution in [1.82, 2.24) is 5.16 Å². The molecule has 2 heterocycles. The van der Waals surface area contributed by atoms with E-state index < -0.39 is 5.97 Å². The quantitative estimate of drug-likeness (QED) is 0.483. The maximum Gasteiger partial charge on any atom is 0.339 e. The van der Waals surface area contributed by atoms with Gasteiger partial charge in [0.2, 0.25) is 0 Å². The van der Waals surface area contributed by atoms with Crippen molar-refractivity contribution in [1.29, 1.82) is 0 Å². The van der Waals surface area contributed by atoms with E-state index in [4.69, 9.17) is 18.7 Å². The third-order valence-corrected chi connectivity index (χ3v) is 4.72. The largest absolute Gasteiger partial charge is 0.486 e. The van der Waals surface area contributed by atoms with Crippen LogP contribution in [0.15, 0.2) is 47.0 Å². The molecule has 0 bridgehead atoms. The number of carbonyl (C=O) groups excluding carboxylic acids is 2. The number of fused-ring (bicyclic) bond motifs is 1. The van der Waals surface area contributed by atoms with E-state index in [0.717, 1.165) is 0 Å². The fraction of sp³-hybridized carbons (Fsp3) is 0.227. The van der Waals surface area contributed by atoms with Gasteiger partial charge in [0.25, 0.3) is 0 Å². The highest BCUT2D eigenvalue weighted by Gasteiger charge is 2.22. The smallest absolute Gasteiger partial charge is 0.339 e. The van der Waals surface area contributed by atoms with Gasteiger partial charge in [0.15, 0.2) is 17.3 Å². The summed E-state index contributed by atoms with van der Waals surface area (Å²) in [5.41, 5.74) is 2.23. The van der Waals surface area contributed by atoms with Crippen molar-refractivity contribution in [2.24, 2.45) is 0 Å². The zero-order chi connectivity index (χ0) is 20.4. The zero-order valence-electron chi connectivity index (χ0n) is 16.1. The first kappa shape index (κ1) is 18.7. The van der Waals surface area contributed by atoms with Gasteiger partial charge in [-0.1, -0.05) is 23.4 Å². The van der Waals surface area contributed by atoms with Crippen molar-refractivity contribution in [3.63, 3.8) is 0 Å². The Hall–Kier alpha value is -3.61. The Labute approximate surface area is 167 Å². The number of hydrogen-bond donors (Lipinski definition) is 0. The molecule has 7 nitrogen and oxygen atoms in total. The van der Waals surface area contributed by atoms with E-state index in [1.165, 1.54) is 0 Å². The summed E-state index contributed by atoms with van der Waals surface area (Å²) < 4.78 is 21.5. The predicted octanol–water partition coefficient (Wildman–Crippen LogP) is 3.65. The van der Waals surface area contributed by atoms with Crippen molar-refractivity contribution in [3.8, 4) is 11.5 Å². The fourth-order valence-electron chi connectivity index (χ4n) is 3.12. The van der Waals surface area contributed by atoms with Gasteiger partial charge >= 0.3 is 5.97 Å². The standard InChI is InChI=1S/C22H19NO6/c1-13-18(14(2)29-23-13)12-28-22(25)17-6-4-3-5-16(17)21(24)15-7-8-19-20(11-15)27-10-9-26-19/h3-8,11H,9-10,12H2,1-2H3. The van der Waals surface area contributed by atoms with Gasteiger partial charge in [-0.2, -0.15) is 0 Å². The Morgan fingerprint density at radius 3 is 2.45 bits per heavy atom. The normalized spacial score (nSPS) is 12.5. The molecular weight excluding hydrogens is 374 g/mol. The zero-order valence-corrected chi connectivity index (χ0v) is 16.1. The first-order valence-electron chi connectivity index (χ1n) is 9.17. The summed E-state index contributed by atoms with van der Waals surface area (Å²) in [6, 6.07) is 11.5. The SMILES string of the molecule is Cc1noc(C)c1COC(=O)c1ccccc1C(=O)c1ccc2c(c1)OCCO2. The Morgan fingerprint density at radius 1 is 1.00 bits per heavy atom. The van der Waals surface area contributed by atoms with Gasteiger partial charge in [-0.3, -0.25) is 4.79 Å². The number of rotatable bonds is 5. The summed E-state index contributed by atoms with van der Waals surface area (Å²) in [5.74, 6) is 0.815. The molecule has 1 aliphatic heterocycles. The van der Waals surface area contributed by atoms with Gasteiger partial charge in [-0.15, -0.1) is 0 Å². The average molecular weight is 393 g/mol. The van der Waals surface area contributed by atoms with Crippen LogP contribution in [-0.2, 0) is 11.3 Å². The molecular formula is C22H19NO6. The van der Waals surface area contributed by atoms with Crippen LogP contribution in [0, 0.1) is 13.8 Å². The molecule has 0 unspecified atom stereocenters. The maximum absolute atomic E-state index is 13.1. The molecule has 0 spiro atoms. The highest BCUT2D eigenvalue weighted by atomic mass is 16.6. The number of nitrogens with zero attached hydrogens (tertiary/aromatic N) is 1. The van der Waals surface area contributed by atoms with Gasteiger partial charge in [-0.25, -0.2) is 4.79 Å². The highest BCUT2D eigenvalue weighted by Crippen LogP contribution is 2.31. The third-order valence-electron chi connectivity index (χ3n) is 4.72. The number of aryl methyl sites for hydroxylation is 2. The summed E-state index contributed by atoms with van der Waals surface area (Å²) in [7, 11) is 0. The molecule has 1 aliphatic rings. The molecule has 0 N–H and O–H groups in total. The van der Waals surface area contributed by atoms with Crippen molar-refractivity contribution in [3.05, 3.63) is 76.2 Å². The molecule has 0 saturated carbocycles. The number of ether oxygens (including phenoxy) is 3. The lowest BCUT2D eigenvalue weighted by atomic mass is 9.98. The van der Waals surface area contributed by atoms with Gasteiger partial charge in [0.1, 0.15) is 25.6 Å². The van der Waals surface area contributed by atoms with E-state index in [1.54, 1.807) is 56.3 Å². The van der Waals surface area contributed by atoms with Gasteiger partial charge in [0.05, 0.1) is 16.8 Å². The van der Waals surface area contributed by atoms with Gasteiger partial charge < -0.3 is 18.7 Å². The molecule has 4 rings (SSSR count). The number of esters is 1. The minimum atomic E-state index is -0.591. The van der Waals surface area contributed by atoms with Crippen LogP contribution in [0.3, 0.4) is 0 Å². The number of ketones is 1. The number of aromatic nitrogens is 1.